The zero-order valence-electron chi connectivity index (χ0n) is 20.8. The third-order valence-electron chi connectivity index (χ3n) is 6.61. The molecular formula is C27H45N3O2. The zero-order chi connectivity index (χ0) is 23.3. The molecule has 1 heterocycles. The van der Waals surface area contributed by atoms with Gasteiger partial charge in [-0.05, 0) is 74.8 Å². The minimum absolute atomic E-state index is 0.0818. The van der Waals surface area contributed by atoms with Gasteiger partial charge in [-0.1, -0.05) is 46.1 Å². The van der Waals surface area contributed by atoms with Gasteiger partial charge in [0.2, 0.25) is 5.91 Å². The van der Waals surface area contributed by atoms with Gasteiger partial charge in [0.15, 0.2) is 5.78 Å². The van der Waals surface area contributed by atoms with Gasteiger partial charge in [-0.2, -0.15) is 0 Å². The summed E-state index contributed by atoms with van der Waals surface area (Å²) in [5.74, 6) is 0.817. The van der Waals surface area contributed by atoms with Gasteiger partial charge in [0, 0.05) is 25.2 Å². The first kappa shape index (κ1) is 26.4. The average molecular weight is 444 g/mol. The molecule has 0 aliphatic carbocycles. The number of carbonyl (C=O) groups excluding carboxylic acids is 2. The molecule has 1 aromatic carbocycles. The van der Waals surface area contributed by atoms with E-state index < -0.39 is 0 Å². The highest BCUT2D eigenvalue weighted by molar-refractivity contribution is 5.92. The van der Waals surface area contributed by atoms with E-state index in [4.69, 9.17) is 0 Å². The number of nitrogens with one attached hydrogen (secondary N) is 2. The van der Waals surface area contributed by atoms with E-state index in [1.807, 2.05) is 6.07 Å². The monoisotopic (exact) mass is 443 g/mol. The molecule has 1 fully saturated rings. The molecule has 1 saturated heterocycles. The summed E-state index contributed by atoms with van der Waals surface area (Å²) in [6.45, 7) is 12.6. The number of hydrogen-bond acceptors (Lipinski definition) is 4. The van der Waals surface area contributed by atoms with E-state index in [-0.39, 0.29) is 24.3 Å². The van der Waals surface area contributed by atoms with E-state index in [9.17, 15) is 9.59 Å². The molecule has 32 heavy (non-hydrogen) atoms. The standard InChI is InChI=1S/C27H45N3O2/c1-5-8-16-30(20-22(9-6-2)10-7-3)17-15-23-18-24(12-11-21(23)4)29-26-14-13-25(31)19-28-27(26)32/h11-12,18,22,26,29H,5-10,13-17,19-20H2,1-4H3,(H,28,32). The molecule has 1 aromatic rings. The van der Waals surface area contributed by atoms with Gasteiger partial charge < -0.3 is 15.5 Å². The van der Waals surface area contributed by atoms with Crippen molar-refractivity contribution in [1.29, 1.82) is 0 Å². The highest BCUT2D eigenvalue weighted by Gasteiger charge is 2.23. The van der Waals surface area contributed by atoms with Gasteiger partial charge in [0.25, 0.3) is 0 Å². The number of carbonyl (C=O) groups is 2. The number of Topliss-reactive ketones (excluding diaryl/α,β-unsaturated/α-hetero) is 1. The molecule has 5 nitrogen and oxygen atoms in total. The Morgan fingerprint density at radius 1 is 1.09 bits per heavy atom. The average Bonchev–Trinajstić information content (AvgIpc) is 2.93. The van der Waals surface area contributed by atoms with Crippen LogP contribution in [0.15, 0.2) is 18.2 Å². The van der Waals surface area contributed by atoms with Crippen LogP contribution >= 0.6 is 0 Å². The molecule has 1 unspecified atom stereocenters. The summed E-state index contributed by atoms with van der Waals surface area (Å²) >= 11 is 0. The number of aryl methyl sites for hydroxylation is 1. The summed E-state index contributed by atoms with van der Waals surface area (Å²) in [6.07, 6.45) is 9.66. The van der Waals surface area contributed by atoms with Crippen LogP contribution in [0.3, 0.4) is 0 Å². The van der Waals surface area contributed by atoms with Gasteiger partial charge in [-0.3, -0.25) is 9.59 Å². The molecule has 1 atom stereocenters. The van der Waals surface area contributed by atoms with Gasteiger partial charge in [0.05, 0.1) is 6.54 Å². The predicted octanol–water partition coefficient (Wildman–Crippen LogP) is 5.12. The second-order valence-corrected chi connectivity index (χ2v) is 9.48. The van der Waals surface area contributed by atoms with Crippen molar-refractivity contribution in [3.05, 3.63) is 29.3 Å². The largest absolute Gasteiger partial charge is 0.374 e. The number of benzene rings is 1. The Hall–Kier alpha value is -1.88. The molecule has 1 aliphatic rings. The van der Waals surface area contributed by atoms with Crippen LogP contribution in [0.4, 0.5) is 5.69 Å². The molecule has 5 heteroatoms. The van der Waals surface area contributed by atoms with Crippen LogP contribution in [-0.2, 0) is 16.0 Å². The Balaban J connectivity index is 2.02. The number of ketones is 1. The van der Waals surface area contributed by atoms with E-state index >= 15 is 0 Å². The number of rotatable bonds is 14. The first-order chi connectivity index (χ1) is 15.5. The summed E-state index contributed by atoms with van der Waals surface area (Å²) in [4.78, 5) is 26.6. The smallest absolute Gasteiger partial charge is 0.242 e. The number of anilines is 1. The SMILES string of the molecule is CCCCN(CCc1cc(NC2CCC(=O)CNC2=O)ccc1C)CC(CCC)CCC. The van der Waals surface area contributed by atoms with Crippen LogP contribution in [0.5, 0.6) is 0 Å². The number of unbranched alkanes of at least 4 members (excludes halogenated alkanes) is 1. The maximum absolute atomic E-state index is 12.3. The van der Waals surface area contributed by atoms with Crippen molar-refractivity contribution in [2.75, 3.05) is 31.5 Å². The molecule has 2 rings (SSSR count). The summed E-state index contributed by atoms with van der Waals surface area (Å²) in [6, 6.07) is 6.04. The van der Waals surface area contributed by atoms with E-state index in [1.54, 1.807) is 0 Å². The quantitative estimate of drug-likeness (QED) is 0.419. The van der Waals surface area contributed by atoms with Crippen molar-refractivity contribution < 1.29 is 9.59 Å². The van der Waals surface area contributed by atoms with Crippen LogP contribution < -0.4 is 10.6 Å². The zero-order valence-corrected chi connectivity index (χ0v) is 20.8. The van der Waals surface area contributed by atoms with Crippen molar-refractivity contribution >= 4 is 17.4 Å². The molecule has 0 radical (unpaired) electrons. The molecular weight excluding hydrogens is 398 g/mol. The first-order valence-electron chi connectivity index (χ1n) is 12.8. The normalized spacial score (nSPS) is 17.0. The Labute approximate surface area is 195 Å². The second-order valence-electron chi connectivity index (χ2n) is 9.48. The summed E-state index contributed by atoms with van der Waals surface area (Å²) in [7, 11) is 0. The molecule has 0 bridgehead atoms. The van der Waals surface area contributed by atoms with E-state index in [0.717, 1.165) is 24.6 Å². The maximum atomic E-state index is 12.3. The summed E-state index contributed by atoms with van der Waals surface area (Å²) < 4.78 is 0. The highest BCUT2D eigenvalue weighted by Crippen LogP contribution is 2.20. The molecule has 1 aliphatic heterocycles. The molecule has 180 valence electrons. The van der Waals surface area contributed by atoms with Crippen LogP contribution in [0.25, 0.3) is 0 Å². The highest BCUT2D eigenvalue weighted by atomic mass is 16.2. The molecule has 0 aromatic heterocycles. The number of nitrogens with zero attached hydrogens (tertiary/aromatic N) is 1. The van der Waals surface area contributed by atoms with Crippen molar-refractivity contribution in [3.63, 3.8) is 0 Å². The third kappa shape index (κ3) is 8.93. The third-order valence-corrected chi connectivity index (χ3v) is 6.61. The number of hydrogen-bond donors (Lipinski definition) is 2. The summed E-state index contributed by atoms with van der Waals surface area (Å²) in [5.41, 5.74) is 3.60. The fourth-order valence-corrected chi connectivity index (χ4v) is 4.67. The first-order valence-corrected chi connectivity index (χ1v) is 12.8. The van der Waals surface area contributed by atoms with E-state index in [0.29, 0.717) is 12.8 Å². The summed E-state index contributed by atoms with van der Waals surface area (Å²) in [5, 5.41) is 6.10. The Morgan fingerprint density at radius 2 is 1.84 bits per heavy atom. The lowest BCUT2D eigenvalue weighted by molar-refractivity contribution is -0.123. The van der Waals surface area contributed by atoms with Crippen LogP contribution in [-0.4, -0.2) is 48.8 Å². The van der Waals surface area contributed by atoms with Gasteiger partial charge in [-0.25, -0.2) is 0 Å². The van der Waals surface area contributed by atoms with E-state index in [1.165, 1.54) is 62.7 Å². The van der Waals surface area contributed by atoms with Crippen molar-refractivity contribution in [2.24, 2.45) is 5.92 Å². The fraction of sp³-hybridized carbons (Fsp3) is 0.704. The minimum atomic E-state index is -0.345. The minimum Gasteiger partial charge on any atom is -0.374 e. The Bertz CT molecular complexity index is 713. The van der Waals surface area contributed by atoms with Crippen molar-refractivity contribution in [2.45, 2.75) is 91.5 Å². The molecule has 0 saturated carbocycles. The van der Waals surface area contributed by atoms with Gasteiger partial charge >= 0.3 is 0 Å². The van der Waals surface area contributed by atoms with Crippen LogP contribution in [0, 0.1) is 12.8 Å². The lowest BCUT2D eigenvalue weighted by atomic mass is 9.97. The van der Waals surface area contributed by atoms with E-state index in [2.05, 4.69) is 55.4 Å². The van der Waals surface area contributed by atoms with Crippen molar-refractivity contribution in [3.8, 4) is 0 Å². The number of amides is 1. The fourth-order valence-electron chi connectivity index (χ4n) is 4.67. The van der Waals surface area contributed by atoms with Crippen LogP contribution in [0.1, 0.15) is 83.3 Å². The van der Waals surface area contributed by atoms with Crippen molar-refractivity contribution in [1.82, 2.24) is 10.2 Å². The van der Waals surface area contributed by atoms with Gasteiger partial charge in [0.1, 0.15) is 6.04 Å². The topological polar surface area (TPSA) is 61.4 Å². The Kier molecular flexibility index (Phi) is 11.8. The Morgan fingerprint density at radius 3 is 2.53 bits per heavy atom. The molecule has 1 amide bonds. The van der Waals surface area contributed by atoms with Gasteiger partial charge in [-0.15, -0.1) is 0 Å². The maximum Gasteiger partial charge on any atom is 0.242 e. The molecule has 2 N–H and O–H groups in total. The lowest BCUT2D eigenvalue weighted by Crippen LogP contribution is -2.38. The molecule has 0 spiro atoms. The lowest BCUT2D eigenvalue weighted by Gasteiger charge is -2.28. The predicted molar refractivity (Wildman–Crippen MR) is 134 cm³/mol. The van der Waals surface area contributed by atoms with Crippen LogP contribution in [0.2, 0.25) is 0 Å². The second kappa shape index (κ2) is 14.3.